The molecule has 2 unspecified atom stereocenters. The van der Waals surface area contributed by atoms with Gasteiger partial charge in [-0.2, -0.15) is 0 Å². The minimum absolute atomic E-state index is 0.0267. The maximum absolute atomic E-state index is 11.5. The van der Waals surface area contributed by atoms with Crippen LogP contribution in [0.15, 0.2) is 0 Å². The van der Waals surface area contributed by atoms with E-state index in [4.69, 9.17) is 4.74 Å². The zero-order valence-corrected chi connectivity index (χ0v) is 10.8. The van der Waals surface area contributed by atoms with Gasteiger partial charge in [0.1, 0.15) is 0 Å². The molecule has 17 heavy (non-hydrogen) atoms. The van der Waals surface area contributed by atoms with Crippen molar-refractivity contribution in [2.75, 3.05) is 19.8 Å². The smallest absolute Gasteiger partial charge is 0.222 e. The van der Waals surface area contributed by atoms with E-state index in [1.807, 2.05) is 6.92 Å². The van der Waals surface area contributed by atoms with Gasteiger partial charge < -0.3 is 15.2 Å². The lowest BCUT2D eigenvalue weighted by Crippen LogP contribution is -2.36. The Labute approximate surface area is 104 Å². The molecule has 0 radical (unpaired) electrons. The summed E-state index contributed by atoms with van der Waals surface area (Å²) in [5, 5.41) is 12.6. The largest absolute Gasteiger partial charge is 0.393 e. The van der Waals surface area contributed by atoms with Gasteiger partial charge in [0.2, 0.25) is 5.91 Å². The number of rotatable bonds is 7. The van der Waals surface area contributed by atoms with Crippen molar-refractivity contribution in [1.29, 1.82) is 0 Å². The van der Waals surface area contributed by atoms with Gasteiger partial charge in [-0.1, -0.05) is 19.8 Å². The fraction of sp³-hybridized carbons (Fsp3) is 0.923. The Bertz CT molecular complexity index is 221. The van der Waals surface area contributed by atoms with Crippen molar-refractivity contribution < 1.29 is 14.6 Å². The van der Waals surface area contributed by atoms with Crippen molar-refractivity contribution in [2.45, 2.75) is 51.6 Å². The Morgan fingerprint density at radius 2 is 2.12 bits per heavy atom. The fourth-order valence-electron chi connectivity index (χ4n) is 2.17. The molecule has 0 aromatic heterocycles. The molecule has 0 spiro atoms. The first-order chi connectivity index (χ1) is 8.24. The number of aliphatic hydroxyl groups excluding tert-OH is 1. The van der Waals surface area contributed by atoms with Crippen molar-refractivity contribution in [3.8, 4) is 0 Å². The quantitative estimate of drug-likeness (QED) is 0.666. The summed E-state index contributed by atoms with van der Waals surface area (Å²) in [5.41, 5.74) is 0. The highest BCUT2D eigenvalue weighted by molar-refractivity contribution is 5.75. The summed E-state index contributed by atoms with van der Waals surface area (Å²) in [4.78, 5) is 11.5. The number of aliphatic hydroxyl groups is 1. The number of carbonyl (C=O) groups excluding carboxylic acids is 1. The van der Waals surface area contributed by atoms with E-state index in [0.29, 0.717) is 26.2 Å². The van der Waals surface area contributed by atoms with E-state index in [1.54, 1.807) is 0 Å². The lowest BCUT2D eigenvalue weighted by Gasteiger charge is -2.27. The van der Waals surface area contributed by atoms with Crippen molar-refractivity contribution in [2.24, 2.45) is 5.92 Å². The van der Waals surface area contributed by atoms with Crippen LogP contribution in [0, 0.1) is 5.92 Å². The van der Waals surface area contributed by atoms with E-state index < -0.39 is 0 Å². The van der Waals surface area contributed by atoms with Crippen LogP contribution >= 0.6 is 0 Å². The Hall–Kier alpha value is -0.610. The Balaban J connectivity index is 2.06. The molecular weight excluding hydrogens is 218 g/mol. The molecule has 1 saturated carbocycles. The second-order valence-electron chi connectivity index (χ2n) is 4.78. The molecule has 1 rings (SSSR count). The monoisotopic (exact) mass is 243 g/mol. The predicted molar refractivity (Wildman–Crippen MR) is 66.7 cm³/mol. The van der Waals surface area contributed by atoms with E-state index in [1.165, 1.54) is 0 Å². The van der Waals surface area contributed by atoms with Crippen molar-refractivity contribution >= 4 is 5.91 Å². The van der Waals surface area contributed by atoms with E-state index in [2.05, 4.69) is 5.32 Å². The van der Waals surface area contributed by atoms with Gasteiger partial charge in [0.15, 0.2) is 0 Å². The maximum atomic E-state index is 11.5. The predicted octanol–water partition coefficient (Wildman–Crippen LogP) is 1.47. The first kappa shape index (κ1) is 14.5. The van der Waals surface area contributed by atoms with Crippen molar-refractivity contribution in [3.63, 3.8) is 0 Å². The minimum atomic E-state index is -0.236. The maximum Gasteiger partial charge on any atom is 0.222 e. The van der Waals surface area contributed by atoms with Gasteiger partial charge in [0.05, 0.1) is 12.7 Å². The van der Waals surface area contributed by atoms with Gasteiger partial charge in [0, 0.05) is 25.5 Å². The highest BCUT2D eigenvalue weighted by atomic mass is 16.5. The third-order valence-electron chi connectivity index (χ3n) is 3.25. The molecule has 2 atom stereocenters. The SMILES string of the molecule is CCCOCCC(=O)NCC1CCCCC1O. The standard InChI is InChI=1S/C13H25NO3/c1-2-8-17-9-7-13(16)14-10-11-5-3-4-6-12(11)15/h11-12,15H,2-10H2,1H3,(H,14,16). The van der Waals surface area contributed by atoms with E-state index >= 15 is 0 Å². The van der Waals surface area contributed by atoms with E-state index in [0.717, 1.165) is 32.1 Å². The Morgan fingerprint density at radius 1 is 1.35 bits per heavy atom. The van der Waals surface area contributed by atoms with Gasteiger partial charge in [-0.05, 0) is 19.3 Å². The summed E-state index contributed by atoms with van der Waals surface area (Å²) < 4.78 is 5.26. The lowest BCUT2D eigenvalue weighted by atomic mass is 9.86. The van der Waals surface area contributed by atoms with E-state index in [9.17, 15) is 9.90 Å². The summed E-state index contributed by atoms with van der Waals surface area (Å²) in [6.07, 6.45) is 5.33. The molecule has 0 heterocycles. The molecule has 4 nitrogen and oxygen atoms in total. The Morgan fingerprint density at radius 3 is 2.82 bits per heavy atom. The Kier molecular flexibility index (Phi) is 7.21. The van der Waals surface area contributed by atoms with Crippen molar-refractivity contribution in [3.05, 3.63) is 0 Å². The van der Waals surface area contributed by atoms with Crippen molar-refractivity contribution in [1.82, 2.24) is 5.32 Å². The molecule has 0 bridgehead atoms. The van der Waals surface area contributed by atoms with Crippen LogP contribution in [-0.4, -0.2) is 36.9 Å². The number of hydrogen-bond acceptors (Lipinski definition) is 3. The van der Waals surface area contributed by atoms with Crippen LogP contribution in [0.25, 0.3) is 0 Å². The van der Waals surface area contributed by atoms with Gasteiger partial charge in [0.25, 0.3) is 0 Å². The number of ether oxygens (including phenoxy) is 1. The zero-order valence-electron chi connectivity index (χ0n) is 10.8. The molecule has 1 fully saturated rings. The molecule has 0 aliphatic heterocycles. The summed E-state index contributed by atoms with van der Waals surface area (Å²) in [6.45, 7) is 3.86. The average Bonchev–Trinajstić information content (AvgIpc) is 2.34. The first-order valence-corrected chi connectivity index (χ1v) is 6.76. The molecule has 4 heteroatoms. The molecule has 2 N–H and O–H groups in total. The second-order valence-corrected chi connectivity index (χ2v) is 4.78. The van der Waals surface area contributed by atoms with Gasteiger partial charge in [-0.15, -0.1) is 0 Å². The van der Waals surface area contributed by atoms with Crippen LogP contribution in [-0.2, 0) is 9.53 Å². The lowest BCUT2D eigenvalue weighted by molar-refractivity contribution is -0.122. The van der Waals surface area contributed by atoms with Gasteiger partial charge in [-0.25, -0.2) is 0 Å². The van der Waals surface area contributed by atoms with E-state index in [-0.39, 0.29) is 17.9 Å². The molecule has 1 aliphatic carbocycles. The number of nitrogens with one attached hydrogen (secondary N) is 1. The molecule has 0 aromatic rings. The van der Waals surface area contributed by atoms with Crippen LogP contribution in [0.3, 0.4) is 0 Å². The highest BCUT2D eigenvalue weighted by Crippen LogP contribution is 2.23. The summed E-state index contributed by atoms with van der Waals surface area (Å²) >= 11 is 0. The van der Waals surface area contributed by atoms with Crippen LogP contribution in [0.4, 0.5) is 0 Å². The molecule has 1 aliphatic rings. The summed E-state index contributed by atoms with van der Waals surface area (Å²) in [7, 11) is 0. The zero-order chi connectivity index (χ0) is 12.5. The number of carbonyl (C=O) groups is 1. The fourth-order valence-corrected chi connectivity index (χ4v) is 2.17. The van der Waals surface area contributed by atoms with Gasteiger partial charge >= 0.3 is 0 Å². The normalized spacial score (nSPS) is 24.6. The minimum Gasteiger partial charge on any atom is -0.393 e. The molecule has 1 amide bonds. The number of amides is 1. The molecule has 0 aromatic carbocycles. The van der Waals surface area contributed by atoms with Crippen LogP contribution < -0.4 is 5.32 Å². The van der Waals surface area contributed by atoms with Crippen LogP contribution in [0.5, 0.6) is 0 Å². The van der Waals surface area contributed by atoms with Crippen LogP contribution in [0.1, 0.15) is 45.4 Å². The number of hydrogen-bond donors (Lipinski definition) is 2. The second kappa shape index (κ2) is 8.48. The molecular formula is C13H25NO3. The van der Waals surface area contributed by atoms with Gasteiger partial charge in [-0.3, -0.25) is 4.79 Å². The third kappa shape index (κ3) is 6.03. The molecule has 100 valence electrons. The topological polar surface area (TPSA) is 58.6 Å². The highest BCUT2D eigenvalue weighted by Gasteiger charge is 2.23. The summed E-state index contributed by atoms with van der Waals surface area (Å²) in [6, 6.07) is 0. The molecule has 0 saturated heterocycles. The average molecular weight is 243 g/mol. The summed E-state index contributed by atoms with van der Waals surface area (Å²) in [5.74, 6) is 0.267. The third-order valence-corrected chi connectivity index (χ3v) is 3.25. The van der Waals surface area contributed by atoms with Crippen LogP contribution in [0.2, 0.25) is 0 Å². The first-order valence-electron chi connectivity index (χ1n) is 6.76.